The minimum Gasteiger partial charge on any atom is -0.308 e. The Morgan fingerprint density at radius 2 is 2.36 bits per heavy atom. The van der Waals surface area contributed by atoms with Crippen LogP contribution in [-0.2, 0) is 6.54 Å². The van der Waals surface area contributed by atoms with Crippen molar-refractivity contribution in [3.05, 3.63) is 16.6 Å². The highest BCUT2D eigenvalue weighted by Crippen LogP contribution is 2.23. The van der Waals surface area contributed by atoms with Crippen molar-refractivity contribution in [2.45, 2.75) is 45.2 Å². The standard InChI is InChI=1S/C11H18N2S/c1-9-4-2-3-5-11(9)12-6-10-7-14-8-13-10/h7-9,11-12H,2-6H2,1H3. The van der Waals surface area contributed by atoms with Gasteiger partial charge in [-0.15, -0.1) is 11.3 Å². The Balaban J connectivity index is 1.79. The molecule has 0 bridgehead atoms. The Morgan fingerprint density at radius 3 is 3.07 bits per heavy atom. The van der Waals surface area contributed by atoms with Gasteiger partial charge < -0.3 is 5.32 Å². The summed E-state index contributed by atoms with van der Waals surface area (Å²) in [5, 5.41) is 5.74. The fourth-order valence-corrected chi connectivity index (χ4v) is 2.74. The second kappa shape index (κ2) is 4.89. The molecule has 1 aliphatic rings. The van der Waals surface area contributed by atoms with Crippen LogP contribution >= 0.6 is 11.3 Å². The van der Waals surface area contributed by atoms with Crippen LogP contribution in [0.1, 0.15) is 38.3 Å². The molecular formula is C11H18N2S. The van der Waals surface area contributed by atoms with Crippen molar-refractivity contribution in [2.24, 2.45) is 5.92 Å². The average molecular weight is 210 g/mol. The molecule has 0 spiro atoms. The number of nitrogens with zero attached hydrogens (tertiary/aromatic N) is 1. The molecule has 2 unspecified atom stereocenters. The van der Waals surface area contributed by atoms with Gasteiger partial charge in [0.1, 0.15) is 0 Å². The summed E-state index contributed by atoms with van der Waals surface area (Å²) in [6.45, 7) is 3.30. The molecule has 1 heterocycles. The lowest BCUT2D eigenvalue weighted by Gasteiger charge is -2.29. The van der Waals surface area contributed by atoms with E-state index in [0.717, 1.165) is 12.5 Å². The highest BCUT2D eigenvalue weighted by molar-refractivity contribution is 7.07. The molecule has 0 saturated heterocycles. The van der Waals surface area contributed by atoms with Crippen molar-refractivity contribution in [2.75, 3.05) is 0 Å². The van der Waals surface area contributed by atoms with Crippen molar-refractivity contribution in [3.8, 4) is 0 Å². The average Bonchev–Trinajstić information content (AvgIpc) is 2.69. The number of aromatic nitrogens is 1. The molecule has 2 nitrogen and oxygen atoms in total. The van der Waals surface area contributed by atoms with Gasteiger partial charge in [-0.2, -0.15) is 0 Å². The monoisotopic (exact) mass is 210 g/mol. The second-order valence-electron chi connectivity index (χ2n) is 4.23. The zero-order valence-electron chi connectivity index (χ0n) is 8.70. The minimum absolute atomic E-state index is 0.713. The quantitative estimate of drug-likeness (QED) is 0.830. The number of hydrogen-bond acceptors (Lipinski definition) is 3. The van der Waals surface area contributed by atoms with E-state index >= 15 is 0 Å². The maximum atomic E-state index is 4.28. The van der Waals surface area contributed by atoms with Crippen molar-refractivity contribution >= 4 is 11.3 Å². The normalized spacial score (nSPS) is 27.8. The Hall–Kier alpha value is -0.410. The molecule has 2 atom stereocenters. The molecule has 1 aromatic rings. The fourth-order valence-electron chi connectivity index (χ4n) is 2.18. The van der Waals surface area contributed by atoms with E-state index < -0.39 is 0 Å². The molecule has 2 rings (SSSR count). The van der Waals surface area contributed by atoms with Crippen molar-refractivity contribution < 1.29 is 0 Å². The fraction of sp³-hybridized carbons (Fsp3) is 0.727. The molecule has 0 aliphatic heterocycles. The maximum absolute atomic E-state index is 4.28. The summed E-state index contributed by atoms with van der Waals surface area (Å²) in [6, 6.07) is 0.713. The van der Waals surface area contributed by atoms with E-state index in [-0.39, 0.29) is 0 Å². The smallest absolute Gasteiger partial charge is 0.0795 e. The zero-order valence-corrected chi connectivity index (χ0v) is 9.52. The Bertz CT molecular complexity index is 258. The van der Waals surface area contributed by atoms with Gasteiger partial charge in [0.2, 0.25) is 0 Å². The van der Waals surface area contributed by atoms with Crippen molar-refractivity contribution in [1.29, 1.82) is 0 Å². The molecule has 1 fully saturated rings. The predicted molar refractivity (Wildman–Crippen MR) is 60.4 cm³/mol. The van der Waals surface area contributed by atoms with Gasteiger partial charge in [0.15, 0.2) is 0 Å². The maximum Gasteiger partial charge on any atom is 0.0795 e. The Kier molecular flexibility index (Phi) is 3.54. The lowest BCUT2D eigenvalue weighted by molar-refractivity contribution is 0.279. The first-order valence-electron chi connectivity index (χ1n) is 5.46. The highest BCUT2D eigenvalue weighted by atomic mass is 32.1. The topological polar surface area (TPSA) is 24.9 Å². The molecule has 78 valence electrons. The summed E-state index contributed by atoms with van der Waals surface area (Å²) in [4.78, 5) is 4.28. The summed E-state index contributed by atoms with van der Waals surface area (Å²) in [6.07, 6.45) is 5.52. The molecule has 0 radical (unpaired) electrons. The van der Waals surface area contributed by atoms with Crippen molar-refractivity contribution in [1.82, 2.24) is 10.3 Å². The van der Waals surface area contributed by atoms with Gasteiger partial charge >= 0.3 is 0 Å². The number of thiazole rings is 1. The summed E-state index contributed by atoms with van der Waals surface area (Å²) >= 11 is 1.68. The lowest BCUT2D eigenvalue weighted by Crippen LogP contribution is -2.36. The van der Waals surface area contributed by atoms with Crippen LogP contribution in [0, 0.1) is 5.92 Å². The minimum atomic E-state index is 0.713. The first kappa shape index (κ1) is 10.1. The predicted octanol–water partition coefficient (Wildman–Crippen LogP) is 2.81. The molecule has 3 heteroatoms. The largest absolute Gasteiger partial charge is 0.308 e. The van der Waals surface area contributed by atoms with Gasteiger partial charge in [0.25, 0.3) is 0 Å². The van der Waals surface area contributed by atoms with Crippen LogP contribution in [0.4, 0.5) is 0 Å². The van der Waals surface area contributed by atoms with Crippen LogP contribution in [0.2, 0.25) is 0 Å². The lowest BCUT2D eigenvalue weighted by atomic mass is 9.86. The van der Waals surface area contributed by atoms with Crippen LogP contribution in [0.3, 0.4) is 0 Å². The summed E-state index contributed by atoms with van der Waals surface area (Å²) in [5.74, 6) is 0.836. The molecule has 1 aliphatic carbocycles. The van der Waals surface area contributed by atoms with Gasteiger partial charge in [0, 0.05) is 18.0 Å². The van der Waals surface area contributed by atoms with Crippen molar-refractivity contribution in [3.63, 3.8) is 0 Å². The second-order valence-corrected chi connectivity index (χ2v) is 4.95. The molecule has 1 saturated carbocycles. The summed E-state index contributed by atoms with van der Waals surface area (Å²) in [5.41, 5.74) is 3.09. The third-order valence-electron chi connectivity index (χ3n) is 3.14. The third kappa shape index (κ3) is 2.55. The SMILES string of the molecule is CC1CCCCC1NCc1cscn1. The van der Waals surface area contributed by atoms with E-state index in [4.69, 9.17) is 0 Å². The van der Waals surface area contributed by atoms with E-state index in [2.05, 4.69) is 22.6 Å². The van der Waals surface area contributed by atoms with E-state index in [1.54, 1.807) is 11.3 Å². The van der Waals surface area contributed by atoms with E-state index in [1.165, 1.54) is 31.4 Å². The van der Waals surface area contributed by atoms with Crippen LogP contribution in [0.5, 0.6) is 0 Å². The van der Waals surface area contributed by atoms with Gasteiger partial charge in [-0.3, -0.25) is 0 Å². The molecule has 1 aromatic heterocycles. The summed E-state index contributed by atoms with van der Waals surface area (Å²) in [7, 11) is 0. The van der Waals surface area contributed by atoms with E-state index in [1.807, 2.05) is 5.51 Å². The van der Waals surface area contributed by atoms with Crippen LogP contribution in [0.15, 0.2) is 10.9 Å². The number of rotatable bonds is 3. The number of hydrogen-bond donors (Lipinski definition) is 1. The van der Waals surface area contributed by atoms with Gasteiger partial charge in [-0.1, -0.05) is 19.8 Å². The number of nitrogens with one attached hydrogen (secondary N) is 1. The Labute approximate surface area is 89.8 Å². The van der Waals surface area contributed by atoms with Crippen LogP contribution in [0.25, 0.3) is 0 Å². The zero-order chi connectivity index (χ0) is 9.80. The van der Waals surface area contributed by atoms with Crippen LogP contribution < -0.4 is 5.32 Å². The molecular weight excluding hydrogens is 192 g/mol. The molecule has 14 heavy (non-hydrogen) atoms. The van der Waals surface area contributed by atoms with Gasteiger partial charge in [0.05, 0.1) is 11.2 Å². The van der Waals surface area contributed by atoms with E-state index in [0.29, 0.717) is 6.04 Å². The first-order chi connectivity index (χ1) is 6.86. The van der Waals surface area contributed by atoms with E-state index in [9.17, 15) is 0 Å². The third-order valence-corrected chi connectivity index (χ3v) is 3.78. The summed E-state index contributed by atoms with van der Waals surface area (Å²) < 4.78 is 0. The first-order valence-corrected chi connectivity index (χ1v) is 6.41. The molecule has 1 N–H and O–H groups in total. The Morgan fingerprint density at radius 1 is 1.50 bits per heavy atom. The molecule has 0 aromatic carbocycles. The van der Waals surface area contributed by atoms with Gasteiger partial charge in [-0.05, 0) is 18.8 Å². The molecule has 0 amide bonds. The highest BCUT2D eigenvalue weighted by Gasteiger charge is 2.20. The van der Waals surface area contributed by atoms with Gasteiger partial charge in [-0.25, -0.2) is 4.98 Å². The van der Waals surface area contributed by atoms with Crippen LogP contribution in [-0.4, -0.2) is 11.0 Å².